The number of nitrogens with zero attached hydrogens (tertiary/aromatic N) is 1. The van der Waals surface area contributed by atoms with Crippen LogP contribution in [0.25, 0.3) is 17.0 Å². The first-order valence-corrected chi connectivity index (χ1v) is 5.21. The third kappa shape index (κ3) is 2.34. The van der Waals surface area contributed by atoms with Gasteiger partial charge in [-0.15, -0.1) is 0 Å². The minimum Gasteiger partial charge on any atom is -0.476 e. The summed E-state index contributed by atoms with van der Waals surface area (Å²) in [6.07, 6.45) is 4.26. The maximum atomic E-state index is 10.9. The van der Waals surface area contributed by atoms with Crippen LogP contribution in [-0.2, 0) is 0 Å². The summed E-state index contributed by atoms with van der Waals surface area (Å²) in [6, 6.07) is 5.41. The summed E-state index contributed by atoms with van der Waals surface area (Å²) >= 11 is 0. The molecule has 3 N–H and O–H groups in total. The SMILES string of the molecule is O=C(O)c1n[nH]c2ccc(C=CCCO)cc12. The summed E-state index contributed by atoms with van der Waals surface area (Å²) in [6.45, 7) is 0.102. The Morgan fingerprint density at radius 3 is 3.00 bits per heavy atom. The van der Waals surface area contributed by atoms with Crippen molar-refractivity contribution in [2.75, 3.05) is 6.61 Å². The molecule has 0 saturated carbocycles. The molecule has 0 fully saturated rings. The van der Waals surface area contributed by atoms with Gasteiger partial charge in [0.25, 0.3) is 0 Å². The van der Waals surface area contributed by atoms with Gasteiger partial charge in [-0.05, 0) is 24.1 Å². The van der Waals surface area contributed by atoms with Crippen LogP contribution in [0.15, 0.2) is 24.3 Å². The zero-order chi connectivity index (χ0) is 12.3. The van der Waals surface area contributed by atoms with Gasteiger partial charge in [-0.2, -0.15) is 5.10 Å². The average Bonchev–Trinajstić information content (AvgIpc) is 2.72. The summed E-state index contributed by atoms with van der Waals surface area (Å²) in [5.41, 5.74) is 1.61. The van der Waals surface area contributed by atoms with Crippen molar-refractivity contribution in [3.05, 3.63) is 35.5 Å². The number of aromatic carboxylic acids is 1. The number of H-pyrrole nitrogens is 1. The molecular formula is C12H12N2O3. The number of nitrogens with one attached hydrogen (secondary N) is 1. The molecule has 0 bridgehead atoms. The van der Waals surface area contributed by atoms with Crippen LogP contribution in [0, 0.1) is 0 Å². The highest BCUT2D eigenvalue weighted by atomic mass is 16.4. The number of aromatic amines is 1. The van der Waals surface area contributed by atoms with Gasteiger partial charge in [-0.3, -0.25) is 5.10 Å². The van der Waals surface area contributed by atoms with E-state index in [4.69, 9.17) is 10.2 Å². The maximum Gasteiger partial charge on any atom is 0.357 e. The van der Waals surface area contributed by atoms with Crippen LogP contribution in [0.2, 0.25) is 0 Å². The van der Waals surface area contributed by atoms with Crippen molar-refractivity contribution < 1.29 is 15.0 Å². The van der Waals surface area contributed by atoms with E-state index in [1.165, 1.54) is 0 Å². The van der Waals surface area contributed by atoms with Crippen molar-refractivity contribution in [2.24, 2.45) is 0 Å². The molecule has 5 nitrogen and oxygen atoms in total. The summed E-state index contributed by atoms with van der Waals surface area (Å²) in [4.78, 5) is 10.9. The zero-order valence-electron chi connectivity index (χ0n) is 9.05. The van der Waals surface area contributed by atoms with Crippen molar-refractivity contribution in [3.8, 4) is 0 Å². The van der Waals surface area contributed by atoms with Gasteiger partial charge in [0.1, 0.15) is 0 Å². The number of carbonyl (C=O) groups is 1. The fourth-order valence-electron chi connectivity index (χ4n) is 1.59. The minimum absolute atomic E-state index is 0.0254. The Morgan fingerprint density at radius 1 is 1.47 bits per heavy atom. The Bertz CT molecular complexity index is 572. The van der Waals surface area contributed by atoms with Crippen molar-refractivity contribution in [2.45, 2.75) is 6.42 Å². The lowest BCUT2D eigenvalue weighted by Gasteiger charge is -1.95. The molecule has 88 valence electrons. The van der Waals surface area contributed by atoms with E-state index < -0.39 is 5.97 Å². The molecule has 0 atom stereocenters. The second-order valence-electron chi connectivity index (χ2n) is 3.60. The lowest BCUT2D eigenvalue weighted by Crippen LogP contribution is -1.96. The minimum atomic E-state index is -1.05. The first kappa shape index (κ1) is 11.3. The standard InChI is InChI=1S/C12H12N2O3/c15-6-2-1-3-8-4-5-10-9(7-8)11(12(16)17)14-13-10/h1,3-5,7,15H,2,6H2,(H,13,14)(H,16,17). The number of hydrogen-bond donors (Lipinski definition) is 3. The Hall–Kier alpha value is -2.14. The van der Waals surface area contributed by atoms with Gasteiger partial charge in [0.2, 0.25) is 0 Å². The highest BCUT2D eigenvalue weighted by Crippen LogP contribution is 2.18. The Morgan fingerprint density at radius 2 is 2.29 bits per heavy atom. The second kappa shape index (κ2) is 4.80. The Balaban J connectivity index is 2.41. The quantitative estimate of drug-likeness (QED) is 0.748. The van der Waals surface area contributed by atoms with Gasteiger partial charge in [0.05, 0.1) is 5.52 Å². The topological polar surface area (TPSA) is 86.2 Å². The highest BCUT2D eigenvalue weighted by Gasteiger charge is 2.12. The lowest BCUT2D eigenvalue weighted by molar-refractivity contribution is 0.0692. The fourth-order valence-corrected chi connectivity index (χ4v) is 1.59. The average molecular weight is 232 g/mol. The second-order valence-corrected chi connectivity index (χ2v) is 3.60. The van der Waals surface area contributed by atoms with Crippen molar-refractivity contribution >= 4 is 22.9 Å². The van der Waals surface area contributed by atoms with Gasteiger partial charge >= 0.3 is 5.97 Å². The van der Waals surface area contributed by atoms with Crippen LogP contribution in [0.5, 0.6) is 0 Å². The first-order chi connectivity index (χ1) is 8.22. The predicted octanol–water partition coefficient (Wildman–Crippen LogP) is 1.66. The Labute approximate surface area is 97.4 Å². The van der Waals surface area contributed by atoms with Crippen LogP contribution in [-0.4, -0.2) is 33.0 Å². The third-order valence-electron chi connectivity index (χ3n) is 2.40. The third-order valence-corrected chi connectivity index (χ3v) is 2.40. The molecule has 0 saturated heterocycles. The van der Waals surface area contributed by atoms with E-state index >= 15 is 0 Å². The summed E-state index contributed by atoms with van der Waals surface area (Å²) in [7, 11) is 0. The number of carboxylic acid groups (broad SMARTS) is 1. The number of aromatic nitrogens is 2. The van der Waals surface area contributed by atoms with Crippen LogP contribution < -0.4 is 0 Å². The smallest absolute Gasteiger partial charge is 0.357 e. The van der Waals surface area contributed by atoms with Gasteiger partial charge in [0, 0.05) is 12.0 Å². The summed E-state index contributed by atoms with van der Waals surface area (Å²) in [5, 5.41) is 24.6. The molecule has 0 amide bonds. The van der Waals surface area contributed by atoms with E-state index in [1.54, 1.807) is 12.1 Å². The number of rotatable bonds is 4. The molecule has 0 spiro atoms. The van der Waals surface area contributed by atoms with E-state index in [9.17, 15) is 4.79 Å². The fraction of sp³-hybridized carbons (Fsp3) is 0.167. The predicted molar refractivity (Wildman–Crippen MR) is 63.8 cm³/mol. The number of aliphatic hydroxyl groups excluding tert-OH is 1. The van der Waals surface area contributed by atoms with Crippen molar-refractivity contribution in [1.29, 1.82) is 0 Å². The van der Waals surface area contributed by atoms with E-state index in [-0.39, 0.29) is 12.3 Å². The zero-order valence-corrected chi connectivity index (χ0v) is 9.05. The van der Waals surface area contributed by atoms with Gasteiger partial charge < -0.3 is 10.2 Å². The molecule has 2 aromatic rings. The molecule has 5 heteroatoms. The Kier molecular flexibility index (Phi) is 3.20. The molecule has 1 aromatic heterocycles. The molecule has 0 aliphatic rings. The lowest BCUT2D eigenvalue weighted by atomic mass is 10.1. The maximum absolute atomic E-state index is 10.9. The molecule has 0 aliphatic heterocycles. The number of aliphatic hydroxyl groups is 1. The van der Waals surface area contributed by atoms with E-state index in [0.29, 0.717) is 17.3 Å². The summed E-state index contributed by atoms with van der Waals surface area (Å²) < 4.78 is 0. The molecule has 2 rings (SSSR count). The van der Waals surface area contributed by atoms with Gasteiger partial charge in [-0.25, -0.2) is 4.79 Å². The first-order valence-electron chi connectivity index (χ1n) is 5.21. The monoisotopic (exact) mass is 232 g/mol. The van der Waals surface area contributed by atoms with Crippen LogP contribution in [0.1, 0.15) is 22.5 Å². The normalized spacial score (nSPS) is 11.4. The van der Waals surface area contributed by atoms with Gasteiger partial charge in [0.15, 0.2) is 5.69 Å². The van der Waals surface area contributed by atoms with Crippen molar-refractivity contribution in [3.63, 3.8) is 0 Å². The number of fused-ring (bicyclic) bond motifs is 1. The molecule has 0 unspecified atom stereocenters. The molecule has 1 aromatic carbocycles. The van der Waals surface area contributed by atoms with E-state index in [0.717, 1.165) is 5.56 Å². The van der Waals surface area contributed by atoms with Crippen LogP contribution in [0.3, 0.4) is 0 Å². The van der Waals surface area contributed by atoms with E-state index in [1.807, 2.05) is 18.2 Å². The number of benzene rings is 1. The van der Waals surface area contributed by atoms with E-state index in [2.05, 4.69) is 10.2 Å². The van der Waals surface area contributed by atoms with Crippen LogP contribution in [0.4, 0.5) is 0 Å². The number of carboxylic acids is 1. The molecular weight excluding hydrogens is 220 g/mol. The van der Waals surface area contributed by atoms with Gasteiger partial charge in [-0.1, -0.05) is 18.2 Å². The number of hydrogen-bond acceptors (Lipinski definition) is 3. The molecule has 1 heterocycles. The molecule has 0 aliphatic carbocycles. The van der Waals surface area contributed by atoms with Crippen LogP contribution >= 0.6 is 0 Å². The summed E-state index contributed by atoms with van der Waals surface area (Å²) in [5.74, 6) is -1.05. The largest absolute Gasteiger partial charge is 0.476 e. The molecule has 0 radical (unpaired) electrons. The molecule has 17 heavy (non-hydrogen) atoms. The van der Waals surface area contributed by atoms with Crippen molar-refractivity contribution in [1.82, 2.24) is 10.2 Å². The highest BCUT2D eigenvalue weighted by molar-refractivity contribution is 6.01.